The zero-order valence-electron chi connectivity index (χ0n) is 16.0. The highest BCUT2D eigenvalue weighted by molar-refractivity contribution is 7.11. The molecule has 0 saturated heterocycles. The van der Waals surface area contributed by atoms with Gasteiger partial charge in [-0.1, -0.05) is 42.5 Å². The molecule has 4 aromatic rings. The quantitative estimate of drug-likeness (QED) is 0.341. The van der Waals surface area contributed by atoms with Crippen molar-refractivity contribution in [2.45, 2.75) is 13.5 Å². The molecule has 4 rings (SSSR count). The Labute approximate surface area is 173 Å². The number of fused-ring (bicyclic) bond motifs is 1. The lowest BCUT2D eigenvalue weighted by Crippen LogP contribution is -2.17. The van der Waals surface area contributed by atoms with Gasteiger partial charge in [0.1, 0.15) is 12.4 Å². The Morgan fingerprint density at radius 1 is 1.03 bits per heavy atom. The molecule has 0 unspecified atom stereocenters. The zero-order chi connectivity index (χ0) is 20.1. The predicted molar refractivity (Wildman–Crippen MR) is 119 cm³/mol. The topological polar surface area (TPSA) is 50.7 Å². The zero-order valence-corrected chi connectivity index (χ0v) is 16.8. The van der Waals surface area contributed by atoms with Gasteiger partial charge in [-0.3, -0.25) is 4.79 Å². The fourth-order valence-corrected chi connectivity index (χ4v) is 3.69. The second-order valence-corrected chi connectivity index (χ2v) is 7.61. The highest BCUT2D eigenvalue weighted by Crippen LogP contribution is 2.21. The smallest absolute Gasteiger partial charge is 0.271 e. The van der Waals surface area contributed by atoms with Crippen molar-refractivity contribution < 1.29 is 9.53 Å². The molecule has 1 heterocycles. The van der Waals surface area contributed by atoms with Gasteiger partial charge in [0.15, 0.2) is 0 Å². The maximum absolute atomic E-state index is 12.2. The first-order valence-corrected chi connectivity index (χ1v) is 10.1. The molecule has 0 atom stereocenters. The lowest BCUT2D eigenvalue weighted by Gasteiger charge is -2.08. The van der Waals surface area contributed by atoms with E-state index in [9.17, 15) is 4.79 Å². The lowest BCUT2D eigenvalue weighted by molar-refractivity contribution is 0.0955. The molecular weight excluding hydrogens is 380 g/mol. The van der Waals surface area contributed by atoms with Crippen LogP contribution in [0.25, 0.3) is 10.8 Å². The number of benzene rings is 3. The Bertz CT molecular complexity index is 1160. The molecule has 0 aliphatic rings. The molecule has 0 aliphatic heterocycles. The average molecular weight is 401 g/mol. The van der Waals surface area contributed by atoms with Crippen molar-refractivity contribution in [2.75, 3.05) is 0 Å². The van der Waals surface area contributed by atoms with Crippen LogP contribution in [0.2, 0.25) is 0 Å². The molecular formula is C24H20N2O2S. The van der Waals surface area contributed by atoms with E-state index < -0.39 is 0 Å². The van der Waals surface area contributed by atoms with E-state index in [1.165, 1.54) is 5.39 Å². The standard InChI is InChI=1S/C24H20N2O2S/c1-17-12-13-29-23(17)15-25-26-24(27)20-8-6-18(7-9-20)16-28-22-11-10-19-4-2-3-5-21(19)14-22/h2-15H,16H2,1H3,(H,26,27)/b25-15-. The van der Waals surface area contributed by atoms with E-state index in [0.29, 0.717) is 12.2 Å². The summed E-state index contributed by atoms with van der Waals surface area (Å²) in [5.74, 6) is 0.584. The Morgan fingerprint density at radius 2 is 1.83 bits per heavy atom. The normalized spacial score (nSPS) is 11.1. The van der Waals surface area contributed by atoms with Gasteiger partial charge in [0.05, 0.1) is 6.21 Å². The van der Waals surface area contributed by atoms with Gasteiger partial charge in [-0.15, -0.1) is 11.3 Å². The summed E-state index contributed by atoms with van der Waals surface area (Å²) in [5, 5.41) is 8.37. The van der Waals surface area contributed by atoms with Gasteiger partial charge >= 0.3 is 0 Å². The maximum Gasteiger partial charge on any atom is 0.271 e. The molecule has 1 amide bonds. The third-order valence-corrected chi connectivity index (χ3v) is 5.55. The summed E-state index contributed by atoms with van der Waals surface area (Å²) in [6.45, 7) is 2.45. The Morgan fingerprint density at radius 3 is 2.59 bits per heavy atom. The highest BCUT2D eigenvalue weighted by atomic mass is 32.1. The van der Waals surface area contributed by atoms with Crippen molar-refractivity contribution >= 4 is 34.2 Å². The number of ether oxygens (including phenoxy) is 1. The minimum Gasteiger partial charge on any atom is -0.489 e. The van der Waals surface area contributed by atoms with Crippen LogP contribution < -0.4 is 10.2 Å². The van der Waals surface area contributed by atoms with Gasteiger partial charge in [-0.2, -0.15) is 5.10 Å². The molecule has 0 radical (unpaired) electrons. The largest absolute Gasteiger partial charge is 0.489 e. The summed E-state index contributed by atoms with van der Waals surface area (Å²) < 4.78 is 5.90. The summed E-state index contributed by atoms with van der Waals surface area (Å²) in [6.07, 6.45) is 1.67. The SMILES string of the molecule is Cc1ccsc1/C=N\NC(=O)c1ccc(COc2ccc3ccccc3c2)cc1. The maximum atomic E-state index is 12.2. The number of carbonyl (C=O) groups excluding carboxylic acids is 1. The van der Waals surface area contributed by atoms with Gasteiger partial charge < -0.3 is 4.74 Å². The summed E-state index contributed by atoms with van der Waals surface area (Å²) in [5.41, 5.74) is 5.26. The van der Waals surface area contributed by atoms with E-state index in [4.69, 9.17) is 4.74 Å². The molecule has 0 aliphatic carbocycles. The van der Waals surface area contributed by atoms with Crippen LogP contribution in [-0.4, -0.2) is 12.1 Å². The number of amides is 1. The van der Waals surface area contributed by atoms with E-state index in [1.807, 2.05) is 54.8 Å². The first-order chi connectivity index (χ1) is 14.2. The molecule has 1 aromatic heterocycles. The molecule has 3 aromatic carbocycles. The van der Waals surface area contributed by atoms with Crippen LogP contribution in [0.5, 0.6) is 5.75 Å². The van der Waals surface area contributed by atoms with Crippen molar-refractivity contribution in [3.8, 4) is 5.75 Å². The number of nitrogens with zero attached hydrogens (tertiary/aromatic N) is 1. The van der Waals surface area contributed by atoms with E-state index in [0.717, 1.165) is 27.1 Å². The minimum atomic E-state index is -0.238. The molecule has 0 bridgehead atoms. The number of hydrogen-bond donors (Lipinski definition) is 1. The van der Waals surface area contributed by atoms with Crippen molar-refractivity contribution in [3.05, 3.63) is 99.7 Å². The van der Waals surface area contributed by atoms with Crippen LogP contribution in [-0.2, 0) is 6.61 Å². The highest BCUT2D eigenvalue weighted by Gasteiger charge is 2.05. The number of aryl methyl sites for hydroxylation is 1. The third-order valence-electron chi connectivity index (χ3n) is 4.59. The van der Waals surface area contributed by atoms with E-state index in [1.54, 1.807) is 29.7 Å². The van der Waals surface area contributed by atoms with Gasteiger partial charge in [-0.05, 0) is 64.5 Å². The molecule has 144 valence electrons. The monoisotopic (exact) mass is 400 g/mol. The van der Waals surface area contributed by atoms with Crippen molar-refractivity contribution in [1.82, 2.24) is 5.43 Å². The summed E-state index contributed by atoms with van der Waals surface area (Å²) in [7, 11) is 0. The lowest BCUT2D eigenvalue weighted by atomic mass is 10.1. The van der Waals surface area contributed by atoms with Gasteiger partial charge in [0.2, 0.25) is 0 Å². The number of thiophene rings is 1. The van der Waals surface area contributed by atoms with E-state index in [2.05, 4.69) is 28.7 Å². The van der Waals surface area contributed by atoms with Crippen molar-refractivity contribution in [3.63, 3.8) is 0 Å². The van der Waals surface area contributed by atoms with E-state index in [-0.39, 0.29) is 5.91 Å². The molecule has 4 nitrogen and oxygen atoms in total. The molecule has 0 spiro atoms. The molecule has 5 heteroatoms. The van der Waals surface area contributed by atoms with Crippen LogP contribution in [0, 0.1) is 6.92 Å². The summed E-state index contributed by atoms with van der Waals surface area (Å²) >= 11 is 1.59. The number of carbonyl (C=O) groups is 1. The van der Waals surface area contributed by atoms with Crippen LogP contribution in [0.1, 0.15) is 26.4 Å². The molecule has 0 fully saturated rings. The first-order valence-electron chi connectivity index (χ1n) is 9.27. The number of rotatable bonds is 6. The summed E-state index contributed by atoms with van der Waals surface area (Å²) in [4.78, 5) is 13.3. The Hall–Kier alpha value is -3.44. The molecule has 29 heavy (non-hydrogen) atoms. The average Bonchev–Trinajstić information content (AvgIpc) is 3.17. The third kappa shape index (κ3) is 4.70. The van der Waals surface area contributed by atoms with Gasteiger partial charge in [0.25, 0.3) is 5.91 Å². The first kappa shape index (κ1) is 18.9. The van der Waals surface area contributed by atoms with Crippen LogP contribution >= 0.6 is 11.3 Å². The number of nitrogens with one attached hydrogen (secondary N) is 1. The van der Waals surface area contributed by atoms with E-state index >= 15 is 0 Å². The molecule has 0 saturated carbocycles. The van der Waals surface area contributed by atoms with Crippen molar-refractivity contribution in [2.24, 2.45) is 5.10 Å². The van der Waals surface area contributed by atoms with Crippen molar-refractivity contribution in [1.29, 1.82) is 0 Å². The van der Waals surface area contributed by atoms with Crippen LogP contribution in [0.15, 0.2) is 83.3 Å². The predicted octanol–water partition coefficient (Wildman–Crippen LogP) is 5.55. The minimum absolute atomic E-state index is 0.238. The summed E-state index contributed by atoms with van der Waals surface area (Å²) in [6, 6.07) is 23.6. The molecule has 1 N–H and O–H groups in total. The second-order valence-electron chi connectivity index (χ2n) is 6.66. The Kier molecular flexibility index (Phi) is 5.68. The van der Waals surface area contributed by atoms with Gasteiger partial charge in [0, 0.05) is 10.4 Å². The second kappa shape index (κ2) is 8.71. The Balaban J connectivity index is 1.34. The fourth-order valence-electron chi connectivity index (χ4n) is 2.91. The van der Waals surface area contributed by atoms with Gasteiger partial charge in [-0.25, -0.2) is 5.43 Å². The number of hydrazone groups is 1. The number of hydrogen-bond acceptors (Lipinski definition) is 4. The van der Waals surface area contributed by atoms with Crippen LogP contribution in [0.4, 0.5) is 0 Å². The van der Waals surface area contributed by atoms with Crippen LogP contribution in [0.3, 0.4) is 0 Å². The fraction of sp³-hybridized carbons (Fsp3) is 0.0833.